The maximum Gasteiger partial charge on any atom is 0.306 e. The van der Waals surface area contributed by atoms with Gasteiger partial charge in [0, 0.05) is 6.42 Å². The monoisotopic (exact) mass is 182 g/mol. The van der Waals surface area contributed by atoms with Gasteiger partial charge in [-0.2, -0.15) is 0 Å². The molecule has 0 aromatic heterocycles. The van der Waals surface area contributed by atoms with E-state index in [1.165, 1.54) is 0 Å². The zero-order valence-electron chi connectivity index (χ0n) is 8.13. The van der Waals surface area contributed by atoms with E-state index in [-0.39, 0.29) is 12.1 Å². The Morgan fingerprint density at radius 2 is 2.38 bits per heavy atom. The zero-order chi connectivity index (χ0) is 9.52. The molecule has 1 aliphatic rings. The Labute approximate surface area is 80.0 Å². The SMILES string of the molecule is C=CCCCC1CCCCC(=O)O1. The predicted octanol–water partition coefficient (Wildman–Crippen LogP) is 2.83. The highest BCUT2D eigenvalue weighted by atomic mass is 16.5. The molecule has 13 heavy (non-hydrogen) atoms. The van der Waals surface area contributed by atoms with E-state index in [0.29, 0.717) is 6.42 Å². The van der Waals surface area contributed by atoms with Crippen LogP contribution in [0.15, 0.2) is 12.7 Å². The van der Waals surface area contributed by atoms with Gasteiger partial charge in [0.2, 0.25) is 0 Å². The maximum absolute atomic E-state index is 11.1. The number of allylic oxidation sites excluding steroid dienone is 1. The number of hydrogen-bond acceptors (Lipinski definition) is 2. The fourth-order valence-electron chi connectivity index (χ4n) is 1.64. The quantitative estimate of drug-likeness (QED) is 0.379. The van der Waals surface area contributed by atoms with Crippen molar-refractivity contribution in [1.29, 1.82) is 0 Å². The molecule has 0 radical (unpaired) electrons. The molecule has 74 valence electrons. The van der Waals surface area contributed by atoms with Crippen LogP contribution < -0.4 is 0 Å². The van der Waals surface area contributed by atoms with Crippen LogP contribution in [0.4, 0.5) is 0 Å². The maximum atomic E-state index is 11.1. The Balaban J connectivity index is 2.22. The number of carbonyl (C=O) groups is 1. The Bertz CT molecular complexity index is 175. The molecule has 0 amide bonds. The topological polar surface area (TPSA) is 26.3 Å². The summed E-state index contributed by atoms with van der Waals surface area (Å²) in [4.78, 5) is 11.1. The molecule has 0 aromatic carbocycles. The number of cyclic esters (lactones) is 1. The molecule has 1 rings (SSSR count). The van der Waals surface area contributed by atoms with Gasteiger partial charge in [0.05, 0.1) is 0 Å². The van der Waals surface area contributed by atoms with Gasteiger partial charge < -0.3 is 4.74 Å². The van der Waals surface area contributed by atoms with Crippen LogP contribution in [0.1, 0.15) is 44.9 Å². The van der Waals surface area contributed by atoms with Gasteiger partial charge in [0.25, 0.3) is 0 Å². The van der Waals surface area contributed by atoms with Gasteiger partial charge in [-0.05, 0) is 38.5 Å². The Hall–Kier alpha value is -0.790. The van der Waals surface area contributed by atoms with Crippen molar-refractivity contribution in [2.75, 3.05) is 0 Å². The number of rotatable bonds is 4. The minimum atomic E-state index is -0.0129. The van der Waals surface area contributed by atoms with Crippen LogP contribution in [-0.2, 0) is 9.53 Å². The Morgan fingerprint density at radius 3 is 3.15 bits per heavy atom. The van der Waals surface area contributed by atoms with Gasteiger partial charge in [-0.1, -0.05) is 6.08 Å². The van der Waals surface area contributed by atoms with E-state index >= 15 is 0 Å². The summed E-state index contributed by atoms with van der Waals surface area (Å²) >= 11 is 0. The number of unbranched alkanes of at least 4 members (excludes halogenated alkanes) is 1. The first-order valence-electron chi connectivity index (χ1n) is 5.13. The number of carbonyl (C=O) groups excluding carboxylic acids is 1. The van der Waals surface area contributed by atoms with Gasteiger partial charge in [-0.15, -0.1) is 6.58 Å². The molecular weight excluding hydrogens is 164 g/mol. The van der Waals surface area contributed by atoms with E-state index in [9.17, 15) is 4.79 Å². The molecule has 1 unspecified atom stereocenters. The van der Waals surface area contributed by atoms with Crippen LogP contribution >= 0.6 is 0 Å². The molecule has 0 N–H and O–H groups in total. The summed E-state index contributed by atoms with van der Waals surface area (Å²) in [5.41, 5.74) is 0. The summed E-state index contributed by atoms with van der Waals surface area (Å²) in [6.45, 7) is 3.67. The molecule has 0 aliphatic carbocycles. The fraction of sp³-hybridized carbons (Fsp3) is 0.727. The molecule has 2 heteroatoms. The molecule has 2 nitrogen and oxygen atoms in total. The van der Waals surface area contributed by atoms with Crippen molar-refractivity contribution in [2.45, 2.75) is 51.0 Å². The Kier molecular flexibility index (Phi) is 4.58. The van der Waals surface area contributed by atoms with Gasteiger partial charge in [-0.25, -0.2) is 0 Å². The van der Waals surface area contributed by atoms with Crippen molar-refractivity contribution in [2.24, 2.45) is 0 Å². The second-order valence-corrected chi connectivity index (χ2v) is 3.58. The predicted molar refractivity (Wildman–Crippen MR) is 52.4 cm³/mol. The third-order valence-electron chi connectivity index (χ3n) is 2.39. The van der Waals surface area contributed by atoms with Gasteiger partial charge in [-0.3, -0.25) is 4.79 Å². The number of ether oxygens (including phenoxy) is 1. The van der Waals surface area contributed by atoms with E-state index in [1.807, 2.05) is 6.08 Å². The lowest BCUT2D eigenvalue weighted by molar-refractivity contribution is -0.148. The summed E-state index contributed by atoms with van der Waals surface area (Å²) in [6, 6.07) is 0. The molecule has 1 aliphatic heterocycles. The van der Waals surface area contributed by atoms with Gasteiger partial charge in [0.1, 0.15) is 6.10 Å². The smallest absolute Gasteiger partial charge is 0.306 e. The molecule has 1 heterocycles. The summed E-state index contributed by atoms with van der Waals surface area (Å²) in [7, 11) is 0. The van der Waals surface area contributed by atoms with E-state index < -0.39 is 0 Å². The molecule has 0 aromatic rings. The van der Waals surface area contributed by atoms with Crippen molar-refractivity contribution in [1.82, 2.24) is 0 Å². The van der Waals surface area contributed by atoms with Crippen LogP contribution in [0, 0.1) is 0 Å². The van der Waals surface area contributed by atoms with Crippen LogP contribution in [0.5, 0.6) is 0 Å². The molecule has 0 bridgehead atoms. The second-order valence-electron chi connectivity index (χ2n) is 3.58. The summed E-state index contributed by atoms with van der Waals surface area (Å²) in [5.74, 6) is -0.0129. The lowest BCUT2D eigenvalue weighted by atomic mass is 10.1. The first-order valence-corrected chi connectivity index (χ1v) is 5.13. The Morgan fingerprint density at radius 1 is 1.54 bits per heavy atom. The van der Waals surface area contributed by atoms with Crippen LogP contribution in [0.3, 0.4) is 0 Å². The van der Waals surface area contributed by atoms with Crippen LogP contribution in [-0.4, -0.2) is 12.1 Å². The van der Waals surface area contributed by atoms with Crippen molar-refractivity contribution in [3.05, 3.63) is 12.7 Å². The lowest BCUT2D eigenvalue weighted by Crippen LogP contribution is -2.14. The highest BCUT2D eigenvalue weighted by Crippen LogP contribution is 2.18. The molecule has 1 fully saturated rings. The van der Waals surface area contributed by atoms with Crippen molar-refractivity contribution >= 4 is 5.97 Å². The van der Waals surface area contributed by atoms with Crippen molar-refractivity contribution in [3.8, 4) is 0 Å². The van der Waals surface area contributed by atoms with Crippen LogP contribution in [0.2, 0.25) is 0 Å². The van der Waals surface area contributed by atoms with E-state index in [0.717, 1.165) is 38.5 Å². The molecule has 1 saturated heterocycles. The standard InChI is InChI=1S/C11H18O2/c1-2-3-4-7-10-8-5-6-9-11(12)13-10/h2,10H,1,3-9H2. The van der Waals surface area contributed by atoms with E-state index in [1.54, 1.807) is 0 Å². The third-order valence-corrected chi connectivity index (χ3v) is 2.39. The average molecular weight is 182 g/mol. The number of esters is 1. The fourth-order valence-corrected chi connectivity index (χ4v) is 1.64. The molecule has 1 atom stereocenters. The van der Waals surface area contributed by atoms with Gasteiger partial charge in [0.15, 0.2) is 0 Å². The average Bonchev–Trinajstić information content (AvgIpc) is 2.31. The first-order chi connectivity index (χ1) is 6.33. The minimum Gasteiger partial charge on any atom is -0.462 e. The summed E-state index contributed by atoms with van der Waals surface area (Å²) < 4.78 is 5.28. The highest BCUT2D eigenvalue weighted by Gasteiger charge is 2.17. The second kappa shape index (κ2) is 5.79. The minimum absolute atomic E-state index is 0.0129. The zero-order valence-corrected chi connectivity index (χ0v) is 8.13. The normalized spacial score (nSPS) is 23.4. The van der Waals surface area contributed by atoms with Crippen LogP contribution in [0.25, 0.3) is 0 Å². The van der Waals surface area contributed by atoms with Gasteiger partial charge >= 0.3 is 5.97 Å². The molecular formula is C11H18O2. The molecule has 0 saturated carbocycles. The molecule has 0 spiro atoms. The summed E-state index contributed by atoms with van der Waals surface area (Å²) in [6.07, 6.45) is 8.98. The van der Waals surface area contributed by atoms with E-state index in [2.05, 4.69) is 6.58 Å². The largest absolute Gasteiger partial charge is 0.462 e. The number of hydrogen-bond donors (Lipinski definition) is 0. The summed E-state index contributed by atoms with van der Waals surface area (Å²) in [5, 5.41) is 0. The third kappa shape index (κ3) is 4.11. The van der Waals surface area contributed by atoms with E-state index in [4.69, 9.17) is 4.74 Å². The van der Waals surface area contributed by atoms with Crippen molar-refractivity contribution in [3.63, 3.8) is 0 Å². The highest BCUT2D eigenvalue weighted by molar-refractivity contribution is 5.69. The first kappa shape index (κ1) is 10.3. The lowest BCUT2D eigenvalue weighted by Gasteiger charge is -2.13. The van der Waals surface area contributed by atoms with Crippen molar-refractivity contribution < 1.29 is 9.53 Å².